The van der Waals surface area contributed by atoms with Crippen molar-refractivity contribution < 1.29 is 0 Å². The van der Waals surface area contributed by atoms with E-state index in [0.29, 0.717) is 5.92 Å². The molecule has 2 aliphatic rings. The third-order valence-corrected chi connectivity index (χ3v) is 5.19. The number of nitrogens with zero attached hydrogens (tertiary/aromatic N) is 8. The average molecular weight is 336 g/mol. The minimum absolute atomic E-state index is 0.377. The van der Waals surface area contributed by atoms with Crippen LogP contribution in [0.3, 0.4) is 0 Å². The summed E-state index contributed by atoms with van der Waals surface area (Å²) < 4.78 is 1.94. The van der Waals surface area contributed by atoms with E-state index in [4.69, 9.17) is 5.10 Å². The predicted octanol–water partition coefficient (Wildman–Crippen LogP) is 1.51. The fourth-order valence-electron chi connectivity index (χ4n) is 3.59. The lowest BCUT2D eigenvalue weighted by Gasteiger charge is -2.32. The van der Waals surface area contributed by atoms with Gasteiger partial charge in [-0.05, 0) is 31.4 Å². The number of hydrogen-bond donors (Lipinski definition) is 0. The van der Waals surface area contributed by atoms with E-state index in [-0.39, 0.29) is 0 Å². The number of aromatic nitrogens is 6. The minimum Gasteiger partial charge on any atom is -0.355 e. The summed E-state index contributed by atoms with van der Waals surface area (Å²) in [6, 6.07) is 4.06. The summed E-state index contributed by atoms with van der Waals surface area (Å²) in [6.07, 6.45) is 8.57. The first-order chi connectivity index (χ1) is 12.4. The first-order valence-electron chi connectivity index (χ1n) is 8.87. The van der Waals surface area contributed by atoms with E-state index >= 15 is 0 Å². The largest absolute Gasteiger partial charge is 0.355 e. The van der Waals surface area contributed by atoms with Crippen molar-refractivity contribution in [1.82, 2.24) is 29.8 Å². The van der Waals surface area contributed by atoms with Gasteiger partial charge in [0.1, 0.15) is 11.6 Å². The van der Waals surface area contributed by atoms with Crippen molar-refractivity contribution in [3.8, 4) is 0 Å². The third kappa shape index (κ3) is 2.57. The summed E-state index contributed by atoms with van der Waals surface area (Å²) >= 11 is 0. The van der Waals surface area contributed by atoms with E-state index in [2.05, 4.69) is 30.0 Å². The molecule has 0 radical (unpaired) electrons. The fourth-order valence-corrected chi connectivity index (χ4v) is 3.59. The van der Waals surface area contributed by atoms with Gasteiger partial charge in [-0.2, -0.15) is 4.52 Å². The molecule has 8 heteroatoms. The molecule has 128 valence electrons. The average Bonchev–Trinajstić information content (AvgIpc) is 3.04. The molecule has 3 aromatic heterocycles. The first-order valence-corrected chi connectivity index (χ1v) is 8.87. The number of piperidine rings is 1. The van der Waals surface area contributed by atoms with Crippen LogP contribution in [0.15, 0.2) is 30.7 Å². The summed E-state index contributed by atoms with van der Waals surface area (Å²) in [5, 5.41) is 13.5. The molecule has 2 saturated heterocycles. The molecule has 5 heterocycles. The molecule has 0 atom stereocenters. The van der Waals surface area contributed by atoms with Gasteiger partial charge in [0.2, 0.25) is 0 Å². The number of fused-ring (bicyclic) bond motifs is 1. The zero-order chi connectivity index (χ0) is 16.6. The van der Waals surface area contributed by atoms with Crippen LogP contribution in [0.2, 0.25) is 0 Å². The highest BCUT2D eigenvalue weighted by Gasteiger charge is 2.26. The molecule has 2 fully saturated rings. The molecule has 0 N–H and O–H groups in total. The molecule has 5 rings (SSSR count). The number of hydrogen-bond acceptors (Lipinski definition) is 7. The second kappa shape index (κ2) is 5.94. The number of anilines is 2. The second-order valence-electron chi connectivity index (χ2n) is 6.69. The molecule has 2 aliphatic heterocycles. The lowest BCUT2D eigenvalue weighted by atomic mass is 9.96. The molecule has 0 saturated carbocycles. The van der Waals surface area contributed by atoms with Gasteiger partial charge in [0.25, 0.3) is 0 Å². The lowest BCUT2D eigenvalue weighted by Crippen LogP contribution is -2.38. The van der Waals surface area contributed by atoms with Crippen LogP contribution in [0.1, 0.15) is 31.0 Å². The predicted molar refractivity (Wildman–Crippen MR) is 93.8 cm³/mol. The van der Waals surface area contributed by atoms with Crippen LogP contribution in [0.5, 0.6) is 0 Å². The van der Waals surface area contributed by atoms with Crippen molar-refractivity contribution in [2.24, 2.45) is 0 Å². The Morgan fingerprint density at radius 2 is 1.72 bits per heavy atom. The Balaban J connectivity index is 1.37. The summed E-state index contributed by atoms with van der Waals surface area (Å²) in [6.45, 7) is 4.08. The van der Waals surface area contributed by atoms with Gasteiger partial charge in [0.15, 0.2) is 11.5 Å². The van der Waals surface area contributed by atoms with Crippen molar-refractivity contribution in [3.63, 3.8) is 0 Å². The van der Waals surface area contributed by atoms with Gasteiger partial charge in [-0.25, -0.2) is 4.98 Å². The first kappa shape index (κ1) is 14.6. The third-order valence-electron chi connectivity index (χ3n) is 5.19. The smallest absolute Gasteiger partial charge is 0.178 e. The Morgan fingerprint density at radius 3 is 2.44 bits per heavy atom. The van der Waals surface area contributed by atoms with Gasteiger partial charge in [-0.3, -0.25) is 4.98 Å². The minimum atomic E-state index is 0.377. The van der Waals surface area contributed by atoms with Gasteiger partial charge >= 0.3 is 0 Å². The quantitative estimate of drug-likeness (QED) is 0.717. The summed E-state index contributed by atoms with van der Waals surface area (Å²) in [5.41, 5.74) is 0.829. The van der Waals surface area contributed by atoms with E-state index < -0.39 is 0 Å². The van der Waals surface area contributed by atoms with Crippen molar-refractivity contribution in [2.75, 3.05) is 36.0 Å². The van der Waals surface area contributed by atoms with Crippen LogP contribution in [-0.4, -0.2) is 56.0 Å². The maximum Gasteiger partial charge on any atom is 0.178 e. The molecule has 0 spiro atoms. The van der Waals surface area contributed by atoms with Crippen molar-refractivity contribution in [2.45, 2.75) is 25.2 Å². The topological polar surface area (TPSA) is 75.3 Å². The molecule has 0 bridgehead atoms. The molecule has 8 nitrogen and oxygen atoms in total. The van der Waals surface area contributed by atoms with Gasteiger partial charge in [-0.1, -0.05) is 0 Å². The van der Waals surface area contributed by atoms with Crippen molar-refractivity contribution >= 4 is 17.3 Å². The lowest BCUT2D eigenvalue weighted by molar-refractivity contribution is 0.474. The maximum atomic E-state index is 4.79. The van der Waals surface area contributed by atoms with E-state index in [9.17, 15) is 0 Å². The highest BCUT2D eigenvalue weighted by atomic mass is 15.4. The van der Waals surface area contributed by atoms with Gasteiger partial charge < -0.3 is 9.80 Å². The van der Waals surface area contributed by atoms with Crippen molar-refractivity contribution in [1.29, 1.82) is 0 Å². The van der Waals surface area contributed by atoms with Gasteiger partial charge in [0, 0.05) is 44.5 Å². The zero-order valence-corrected chi connectivity index (χ0v) is 14.0. The molecule has 25 heavy (non-hydrogen) atoms. The monoisotopic (exact) mass is 336 g/mol. The van der Waals surface area contributed by atoms with E-state index in [1.54, 1.807) is 12.4 Å². The normalized spacial score (nSPS) is 18.6. The molecule has 0 amide bonds. The van der Waals surface area contributed by atoms with Crippen LogP contribution in [-0.2, 0) is 0 Å². The summed E-state index contributed by atoms with van der Waals surface area (Å²) in [5.74, 6) is 3.33. The molecule has 0 aliphatic carbocycles. The van der Waals surface area contributed by atoms with E-state index in [0.717, 1.165) is 62.1 Å². The maximum absolute atomic E-state index is 4.79. The molecular formula is C17H20N8. The van der Waals surface area contributed by atoms with Crippen LogP contribution < -0.4 is 9.80 Å². The van der Waals surface area contributed by atoms with E-state index in [1.165, 1.54) is 6.42 Å². The highest BCUT2D eigenvalue weighted by Crippen LogP contribution is 2.29. The Kier molecular flexibility index (Phi) is 3.46. The van der Waals surface area contributed by atoms with Crippen LogP contribution in [0.4, 0.5) is 11.6 Å². The summed E-state index contributed by atoms with van der Waals surface area (Å²) in [4.78, 5) is 13.1. The molecule has 3 aromatic rings. The van der Waals surface area contributed by atoms with Gasteiger partial charge in [-0.15, -0.1) is 15.3 Å². The molecule has 0 unspecified atom stereocenters. The Hall–Kier alpha value is -2.77. The second-order valence-corrected chi connectivity index (χ2v) is 6.69. The Labute approximate surface area is 145 Å². The summed E-state index contributed by atoms with van der Waals surface area (Å²) in [7, 11) is 0. The zero-order valence-electron chi connectivity index (χ0n) is 14.0. The standard InChI is InChI=1S/C17H20N8/c1-8-23(9-1)15-3-2-14-20-21-17(25(14)22-15)13-4-10-24(11-5-13)16-12-18-6-7-19-16/h2-3,6-7,12-13H,1,4-5,8-11H2. The van der Waals surface area contributed by atoms with Crippen LogP contribution >= 0.6 is 0 Å². The van der Waals surface area contributed by atoms with Gasteiger partial charge in [0.05, 0.1) is 6.20 Å². The molecule has 0 aromatic carbocycles. The Bertz CT molecular complexity index is 865. The van der Waals surface area contributed by atoms with Crippen LogP contribution in [0, 0.1) is 0 Å². The van der Waals surface area contributed by atoms with E-state index in [1.807, 2.05) is 22.8 Å². The molecular weight excluding hydrogens is 316 g/mol. The Morgan fingerprint density at radius 1 is 0.880 bits per heavy atom. The number of rotatable bonds is 3. The SMILES string of the molecule is c1cnc(N2CCC(c3nnc4ccc(N5CCC5)nn34)CC2)cn1. The fraction of sp³-hybridized carbons (Fsp3) is 0.471. The highest BCUT2D eigenvalue weighted by molar-refractivity contribution is 5.47. The van der Waals surface area contributed by atoms with Crippen molar-refractivity contribution in [3.05, 3.63) is 36.5 Å². The van der Waals surface area contributed by atoms with Crippen LogP contribution in [0.25, 0.3) is 5.65 Å².